The van der Waals surface area contributed by atoms with E-state index in [2.05, 4.69) is 32.4 Å². The molecule has 2 heterocycles. The molecule has 1 N–H and O–H groups in total. The van der Waals surface area contributed by atoms with E-state index in [9.17, 15) is 0 Å². The third kappa shape index (κ3) is 2.45. The van der Waals surface area contributed by atoms with Gasteiger partial charge in [0.25, 0.3) is 0 Å². The van der Waals surface area contributed by atoms with E-state index < -0.39 is 0 Å². The number of hydrogen-bond acceptors (Lipinski definition) is 4. The zero-order valence-corrected chi connectivity index (χ0v) is 11.6. The van der Waals surface area contributed by atoms with Crippen LogP contribution in [0.25, 0.3) is 10.9 Å². The lowest BCUT2D eigenvalue weighted by molar-refractivity contribution is 0.972. The molecule has 3 rings (SSSR count). The Morgan fingerprint density at radius 2 is 1.95 bits per heavy atom. The van der Waals surface area contributed by atoms with E-state index >= 15 is 0 Å². The van der Waals surface area contributed by atoms with Crippen molar-refractivity contribution in [1.82, 2.24) is 15.0 Å². The molecule has 0 saturated heterocycles. The third-order valence-electron chi connectivity index (χ3n) is 3.26. The average molecular weight is 264 g/mol. The highest BCUT2D eigenvalue weighted by Crippen LogP contribution is 2.19. The van der Waals surface area contributed by atoms with Gasteiger partial charge in [0.05, 0.1) is 11.2 Å². The van der Waals surface area contributed by atoms with Crippen molar-refractivity contribution in [3.8, 4) is 0 Å². The lowest BCUT2D eigenvalue weighted by Gasteiger charge is -2.08. The molecule has 3 aromatic rings. The lowest BCUT2D eigenvalue weighted by atomic mass is 10.0. The van der Waals surface area contributed by atoms with Crippen LogP contribution in [-0.2, 0) is 6.42 Å². The number of pyridine rings is 1. The number of rotatable bonds is 3. The quantitative estimate of drug-likeness (QED) is 0.790. The summed E-state index contributed by atoms with van der Waals surface area (Å²) >= 11 is 0. The highest BCUT2D eigenvalue weighted by molar-refractivity contribution is 5.82. The smallest absolute Gasteiger partial charge is 0.129 e. The highest BCUT2D eigenvalue weighted by Gasteiger charge is 2.06. The van der Waals surface area contributed by atoms with Crippen molar-refractivity contribution < 1.29 is 0 Å². The molecule has 0 unspecified atom stereocenters. The van der Waals surface area contributed by atoms with Gasteiger partial charge in [0.2, 0.25) is 0 Å². The molecule has 4 heteroatoms. The van der Waals surface area contributed by atoms with Crippen molar-refractivity contribution in [2.24, 2.45) is 0 Å². The zero-order valence-electron chi connectivity index (χ0n) is 11.6. The van der Waals surface area contributed by atoms with Crippen molar-refractivity contribution in [3.63, 3.8) is 0 Å². The van der Waals surface area contributed by atoms with Crippen molar-refractivity contribution in [1.29, 1.82) is 0 Å². The molecule has 20 heavy (non-hydrogen) atoms. The van der Waals surface area contributed by atoms with E-state index in [0.717, 1.165) is 29.3 Å². The molecule has 0 saturated carbocycles. The first-order valence-corrected chi connectivity index (χ1v) is 6.61. The summed E-state index contributed by atoms with van der Waals surface area (Å²) in [5.74, 6) is 1.64. The van der Waals surface area contributed by atoms with E-state index in [1.54, 1.807) is 0 Å². The predicted octanol–water partition coefficient (Wildman–Crippen LogP) is 2.97. The zero-order chi connectivity index (χ0) is 13.9. The van der Waals surface area contributed by atoms with Crippen LogP contribution in [0.2, 0.25) is 0 Å². The number of nitrogens with zero attached hydrogens (tertiary/aromatic N) is 3. The molecule has 1 aromatic carbocycles. The molecular formula is C16H16N4. The second-order valence-corrected chi connectivity index (χ2v) is 4.71. The van der Waals surface area contributed by atoms with Crippen LogP contribution >= 0.6 is 0 Å². The molecule has 0 atom stereocenters. The van der Waals surface area contributed by atoms with Gasteiger partial charge in [0.15, 0.2) is 0 Å². The number of aryl methyl sites for hydroxylation is 1. The van der Waals surface area contributed by atoms with Crippen LogP contribution in [0.3, 0.4) is 0 Å². The number of nitrogens with one attached hydrogen (secondary N) is 1. The first-order valence-electron chi connectivity index (χ1n) is 6.61. The van der Waals surface area contributed by atoms with E-state index in [4.69, 9.17) is 0 Å². The Kier molecular flexibility index (Phi) is 3.29. The summed E-state index contributed by atoms with van der Waals surface area (Å²) in [5, 5.41) is 4.25. The first kappa shape index (κ1) is 12.5. The van der Waals surface area contributed by atoms with E-state index in [0.29, 0.717) is 0 Å². The normalized spacial score (nSPS) is 10.7. The van der Waals surface area contributed by atoms with Gasteiger partial charge >= 0.3 is 0 Å². The van der Waals surface area contributed by atoms with Gasteiger partial charge in [-0.15, -0.1) is 0 Å². The number of aromatic nitrogens is 3. The van der Waals surface area contributed by atoms with Crippen LogP contribution in [0.5, 0.6) is 0 Å². The molecule has 0 amide bonds. The second kappa shape index (κ2) is 5.25. The molecule has 0 aliphatic rings. The molecule has 0 aliphatic carbocycles. The van der Waals surface area contributed by atoms with Crippen LogP contribution in [0.1, 0.15) is 17.1 Å². The number of hydrogen-bond donors (Lipinski definition) is 1. The van der Waals surface area contributed by atoms with Crippen LogP contribution < -0.4 is 5.32 Å². The topological polar surface area (TPSA) is 50.7 Å². The molecular weight excluding hydrogens is 248 g/mol. The molecule has 2 aromatic heterocycles. The number of anilines is 1. The predicted molar refractivity (Wildman–Crippen MR) is 80.9 cm³/mol. The van der Waals surface area contributed by atoms with Gasteiger partial charge in [0, 0.05) is 31.1 Å². The Morgan fingerprint density at radius 1 is 1.10 bits per heavy atom. The minimum absolute atomic E-state index is 0.779. The Bertz CT molecular complexity index is 747. The fourth-order valence-corrected chi connectivity index (χ4v) is 2.35. The van der Waals surface area contributed by atoms with Crippen molar-refractivity contribution in [2.45, 2.75) is 13.3 Å². The largest absolute Gasteiger partial charge is 0.373 e. The van der Waals surface area contributed by atoms with E-state index in [-0.39, 0.29) is 0 Å². The van der Waals surface area contributed by atoms with Gasteiger partial charge < -0.3 is 5.32 Å². The monoisotopic (exact) mass is 264 g/mol. The van der Waals surface area contributed by atoms with Crippen molar-refractivity contribution in [3.05, 3.63) is 59.7 Å². The van der Waals surface area contributed by atoms with Gasteiger partial charge in [0.1, 0.15) is 11.6 Å². The van der Waals surface area contributed by atoms with Crippen LogP contribution in [-0.4, -0.2) is 22.0 Å². The molecule has 0 fully saturated rings. The van der Waals surface area contributed by atoms with Crippen LogP contribution in [0.4, 0.5) is 5.82 Å². The first-order chi connectivity index (χ1) is 9.76. The van der Waals surface area contributed by atoms with Gasteiger partial charge in [-0.25, -0.2) is 9.97 Å². The average Bonchev–Trinajstić information content (AvgIpc) is 2.47. The molecule has 0 aliphatic heterocycles. The minimum atomic E-state index is 0.779. The fraction of sp³-hybridized carbons (Fsp3) is 0.188. The summed E-state index contributed by atoms with van der Waals surface area (Å²) in [6, 6.07) is 12.2. The number of para-hydroxylation sites is 1. The van der Waals surface area contributed by atoms with Crippen molar-refractivity contribution in [2.75, 3.05) is 12.4 Å². The SMILES string of the molecule is CNc1cc(Cc2ccnc3ccccc23)nc(C)n1. The maximum absolute atomic E-state index is 4.51. The van der Waals surface area contributed by atoms with E-state index in [1.807, 2.05) is 44.4 Å². The van der Waals surface area contributed by atoms with Crippen LogP contribution in [0.15, 0.2) is 42.6 Å². The third-order valence-corrected chi connectivity index (χ3v) is 3.26. The number of benzene rings is 1. The summed E-state index contributed by atoms with van der Waals surface area (Å²) in [6.45, 7) is 1.91. The summed E-state index contributed by atoms with van der Waals surface area (Å²) in [5.41, 5.74) is 3.26. The number of fused-ring (bicyclic) bond motifs is 1. The molecule has 0 radical (unpaired) electrons. The van der Waals surface area contributed by atoms with Crippen molar-refractivity contribution >= 4 is 16.7 Å². The Balaban J connectivity index is 2.03. The van der Waals surface area contributed by atoms with Crippen LogP contribution in [0, 0.1) is 6.92 Å². The molecule has 4 nitrogen and oxygen atoms in total. The summed E-state index contributed by atoms with van der Waals surface area (Å²) in [6.07, 6.45) is 2.63. The summed E-state index contributed by atoms with van der Waals surface area (Å²) in [7, 11) is 1.87. The second-order valence-electron chi connectivity index (χ2n) is 4.71. The maximum Gasteiger partial charge on any atom is 0.129 e. The maximum atomic E-state index is 4.51. The lowest BCUT2D eigenvalue weighted by Crippen LogP contribution is -2.01. The highest BCUT2D eigenvalue weighted by atomic mass is 15.0. The standard InChI is InChI=1S/C16H16N4/c1-11-19-13(10-16(17-2)20-11)9-12-7-8-18-15-6-4-3-5-14(12)15/h3-8,10H,9H2,1-2H3,(H,17,19,20). The summed E-state index contributed by atoms with van der Waals surface area (Å²) in [4.78, 5) is 13.2. The van der Waals surface area contributed by atoms with E-state index in [1.165, 1.54) is 10.9 Å². The Morgan fingerprint density at radius 3 is 2.80 bits per heavy atom. The minimum Gasteiger partial charge on any atom is -0.373 e. The van der Waals surface area contributed by atoms with Gasteiger partial charge in [-0.05, 0) is 24.6 Å². The van der Waals surface area contributed by atoms with Gasteiger partial charge in [-0.3, -0.25) is 4.98 Å². The van der Waals surface area contributed by atoms with Gasteiger partial charge in [-0.2, -0.15) is 0 Å². The van der Waals surface area contributed by atoms with Gasteiger partial charge in [-0.1, -0.05) is 18.2 Å². The fourth-order valence-electron chi connectivity index (χ4n) is 2.35. The molecule has 0 bridgehead atoms. The molecule has 0 spiro atoms. The molecule has 100 valence electrons. The Labute approximate surface area is 117 Å². The summed E-state index contributed by atoms with van der Waals surface area (Å²) < 4.78 is 0. The Hall–Kier alpha value is -2.49.